The fourth-order valence-electron chi connectivity index (χ4n) is 4.19. The summed E-state index contributed by atoms with van der Waals surface area (Å²) in [5, 5.41) is 8.43. The van der Waals surface area contributed by atoms with Crippen LogP contribution in [-0.4, -0.2) is 32.8 Å². The van der Waals surface area contributed by atoms with Crippen molar-refractivity contribution in [3.8, 4) is 16.9 Å². The van der Waals surface area contributed by atoms with Gasteiger partial charge in [0, 0.05) is 29.4 Å². The van der Waals surface area contributed by atoms with E-state index >= 15 is 0 Å². The predicted octanol–water partition coefficient (Wildman–Crippen LogP) is 3.03. The molecule has 0 bridgehead atoms. The third kappa shape index (κ3) is 2.52. The van der Waals surface area contributed by atoms with Crippen molar-refractivity contribution in [3.63, 3.8) is 0 Å². The highest BCUT2D eigenvalue weighted by Gasteiger charge is 2.30. The Hall–Kier alpha value is -2.60. The van der Waals surface area contributed by atoms with E-state index in [1.54, 1.807) is 6.07 Å². The van der Waals surface area contributed by atoms with Crippen LogP contribution in [0.4, 0.5) is 4.39 Å². The van der Waals surface area contributed by atoms with Crippen molar-refractivity contribution in [1.82, 2.24) is 25.1 Å². The number of halogens is 1. The number of aryl methyl sites for hydroxylation is 1. The zero-order valence-electron chi connectivity index (χ0n) is 14.5. The second-order valence-electron chi connectivity index (χ2n) is 7.02. The summed E-state index contributed by atoms with van der Waals surface area (Å²) in [5.41, 5.74) is 5.62. The van der Waals surface area contributed by atoms with Crippen molar-refractivity contribution >= 4 is 0 Å². The van der Waals surface area contributed by atoms with Gasteiger partial charge in [0.15, 0.2) is 5.82 Å². The van der Waals surface area contributed by atoms with Crippen LogP contribution in [0.3, 0.4) is 0 Å². The zero-order valence-corrected chi connectivity index (χ0v) is 14.5. The molecule has 5 heterocycles. The Kier molecular flexibility index (Phi) is 3.78. The maximum absolute atomic E-state index is 13.6. The summed E-state index contributed by atoms with van der Waals surface area (Å²) in [5.74, 6) is 0.914. The van der Waals surface area contributed by atoms with Gasteiger partial charge in [-0.3, -0.25) is 4.98 Å². The molecule has 5 nitrogen and oxygen atoms in total. The van der Waals surface area contributed by atoms with Crippen LogP contribution in [-0.2, 0) is 12.8 Å². The number of hydrogen-bond donors (Lipinski definition) is 1. The first-order valence-corrected chi connectivity index (χ1v) is 9.19. The van der Waals surface area contributed by atoms with Gasteiger partial charge in [-0.2, -0.15) is 5.10 Å². The first-order chi connectivity index (χ1) is 12.8. The summed E-state index contributed by atoms with van der Waals surface area (Å²) in [6.07, 6.45) is 8.73. The molecule has 6 heteroatoms. The summed E-state index contributed by atoms with van der Waals surface area (Å²) >= 11 is 0. The summed E-state index contributed by atoms with van der Waals surface area (Å²) in [6.45, 7) is 2.03. The molecule has 5 rings (SSSR count). The molecule has 0 spiro atoms. The molecule has 0 saturated carbocycles. The lowest BCUT2D eigenvalue weighted by Gasteiger charge is -2.22. The first-order valence-electron chi connectivity index (χ1n) is 9.19. The zero-order chi connectivity index (χ0) is 17.5. The van der Waals surface area contributed by atoms with Crippen LogP contribution >= 0.6 is 0 Å². The Bertz CT molecular complexity index is 944. The number of aromatic nitrogens is 4. The molecule has 0 radical (unpaired) electrons. The molecule has 0 atom stereocenters. The first kappa shape index (κ1) is 15.6. The van der Waals surface area contributed by atoms with Crippen molar-refractivity contribution in [2.45, 2.75) is 31.6 Å². The Morgan fingerprint density at radius 2 is 1.92 bits per heavy atom. The van der Waals surface area contributed by atoms with Gasteiger partial charge < -0.3 is 5.32 Å². The van der Waals surface area contributed by atoms with Gasteiger partial charge in [-0.25, -0.2) is 14.1 Å². The highest BCUT2D eigenvalue weighted by atomic mass is 19.1. The minimum Gasteiger partial charge on any atom is -0.317 e. The summed E-state index contributed by atoms with van der Waals surface area (Å²) in [6, 6.07) is 5.69. The lowest BCUT2D eigenvalue weighted by molar-refractivity contribution is 0.451. The molecule has 3 aromatic heterocycles. The highest BCUT2D eigenvalue weighted by molar-refractivity contribution is 5.70. The molecule has 0 unspecified atom stereocenters. The maximum atomic E-state index is 13.6. The number of pyridine rings is 2. The van der Waals surface area contributed by atoms with Gasteiger partial charge in [0.25, 0.3) is 0 Å². The molecular weight excluding hydrogens is 329 g/mol. The van der Waals surface area contributed by atoms with Gasteiger partial charge in [-0.15, -0.1) is 0 Å². The quantitative estimate of drug-likeness (QED) is 0.773. The van der Waals surface area contributed by atoms with E-state index in [2.05, 4.69) is 27.4 Å². The van der Waals surface area contributed by atoms with Gasteiger partial charge in [0.2, 0.25) is 0 Å². The van der Waals surface area contributed by atoms with Crippen LogP contribution in [0.5, 0.6) is 0 Å². The molecule has 0 aromatic carbocycles. The molecule has 1 saturated heterocycles. The van der Waals surface area contributed by atoms with E-state index in [0.717, 1.165) is 61.4 Å². The van der Waals surface area contributed by atoms with Gasteiger partial charge in [-0.1, -0.05) is 0 Å². The monoisotopic (exact) mass is 349 g/mol. The third-order valence-corrected chi connectivity index (χ3v) is 5.44. The molecule has 3 aromatic rings. The Morgan fingerprint density at radius 3 is 2.73 bits per heavy atom. The standard InChI is InChI=1S/C20H20FN5/c21-16-11-15-1-2-17-18(13-3-7-22-8-4-13)19(14-5-9-23-10-6-14)25-26(17)20(15)24-12-16/h3-4,7-8,11-12,14,23H,1-2,5-6,9-10H2. The van der Waals surface area contributed by atoms with Crippen molar-refractivity contribution < 1.29 is 4.39 Å². The van der Waals surface area contributed by atoms with Crippen LogP contribution in [0.15, 0.2) is 36.8 Å². The summed E-state index contributed by atoms with van der Waals surface area (Å²) in [4.78, 5) is 8.52. The fraction of sp³-hybridized carbons (Fsp3) is 0.350. The number of piperidine rings is 1. The van der Waals surface area contributed by atoms with E-state index in [4.69, 9.17) is 5.10 Å². The Morgan fingerprint density at radius 1 is 1.12 bits per heavy atom. The van der Waals surface area contributed by atoms with E-state index < -0.39 is 0 Å². The highest BCUT2D eigenvalue weighted by Crippen LogP contribution is 2.39. The molecule has 0 amide bonds. The van der Waals surface area contributed by atoms with Crippen LogP contribution < -0.4 is 5.32 Å². The maximum Gasteiger partial charge on any atom is 0.157 e. The second-order valence-corrected chi connectivity index (χ2v) is 7.02. The normalized spacial score (nSPS) is 17.0. The van der Waals surface area contributed by atoms with Gasteiger partial charge in [0.05, 0.1) is 17.6 Å². The topological polar surface area (TPSA) is 55.6 Å². The SMILES string of the molecule is Fc1cnc2c(c1)CCc1c(-c3ccncc3)c(C3CCNCC3)nn1-2. The molecule has 0 aliphatic carbocycles. The molecule has 2 aliphatic heterocycles. The average molecular weight is 349 g/mol. The summed E-state index contributed by atoms with van der Waals surface area (Å²) in [7, 11) is 0. The van der Waals surface area contributed by atoms with E-state index in [9.17, 15) is 4.39 Å². The lowest BCUT2D eigenvalue weighted by Crippen LogP contribution is -2.27. The second kappa shape index (κ2) is 6.29. The van der Waals surface area contributed by atoms with Crippen LogP contribution in [0, 0.1) is 5.82 Å². The van der Waals surface area contributed by atoms with Crippen LogP contribution in [0.25, 0.3) is 16.9 Å². The number of nitrogens with one attached hydrogen (secondary N) is 1. The molecular formula is C20H20FN5. The number of nitrogens with zero attached hydrogens (tertiary/aromatic N) is 4. The van der Waals surface area contributed by atoms with Crippen LogP contribution in [0.2, 0.25) is 0 Å². The number of fused-ring (bicyclic) bond motifs is 3. The minimum absolute atomic E-state index is 0.285. The largest absolute Gasteiger partial charge is 0.317 e. The van der Waals surface area contributed by atoms with Gasteiger partial charge in [0.1, 0.15) is 5.82 Å². The van der Waals surface area contributed by atoms with E-state index in [-0.39, 0.29) is 5.82 Å². The molecule has 26 heavy (non-hydrogen) atoms. The van der Waals surface area contributed by atoms with Crippen molar-refractivity contribution in [2.75, 3.05) is 13.1 Å². The smallest absolute Gasteiger partial charge is 0.157 e. The van der Waals surface area contributed by atoms with Crippen molar-refractivity contribution in [2.24, 2.45) is 0 Å². The van der Waals surface area contributed by atoms with Gasteiger partial charge >= 0.3 is 0 Å². The minimum atomic E-state index is -0.285. The average Bonchev–Trinajstić information content (AvgIpc) is 3.09. The molecule has 2 aliphatic rings. The predicted molar refractivity (Wildman–Crippen MR) is 96.8 cm³/mol. The van der Waals surface area contributed by atoms with Crippen LogP contribution in [0.1, 0.15) is 35.7 Å². The fourth-order valence-corrected chi connectivity index (χ4v) is 4.19. The Labute approximate surface area is 151 Å². The lowest BCUT2D eigenvalue weighted by atomic mass is 9.88. The third-order valence-electron chi connectivity index (χ3n) is 5.44. The molecule has 132 valence electrons. The number of hydrogen-bond acceptors (Lipinski definition) is 4. The molecule has 1 N–H and O–H groups in total. The van der Waals surface area contributed by atoms with E-state index in [1.165, 1.54) is 17.5 Å². The van der Waals surface area contributed by atoms with E-state index in [1.807, 2.05) is 17.1 Å². The van der Waals surface area contributed by atoms with Crippen molar-refractivity contribution in [1.29, 1.82) is 0 Å². The molecule has 1 fully saturated rings. The van der Waals surface area contributed by atoms with E-state index in [0.29, 0.717) is 5.92 Å². The summed E-state index contributed by atoms with van der Waals surface area (Å²) < 4.78 is 15.6. The van der Waals surface area contributed by atoms with Gasteiger partial charge in [-0.05, 0) is 62.5 Å². The number of rotatable bonds is 2. The Balaban J connectivity index is 1.71. The van der Waals surface area contributed by atoms with Crippen molar-refractivity contribution in [3.05, 3.63) is 59.6 Å².